The summed E-state index contributed by atoms with van der Waals surface area (Å²) in [5, 5.41) is 4.13. The van der Waals surface area contributed by atoms with E-state index >= 15 is 0 Å². The molecule has 0 unspecified atom stereocenters. The van der Waals surface area contributed by atoms with Gasteiger partial charge in [-0.2, -0.15) is 0 Å². The number of likely N-dealkylation sites (tertiary alicyclic amines) is 1. The Morgan fingerprint density at radius 2 is 1.97 bits per heavy atom. The molecule has 1 aliphatic heterocycles. The molecule has 0 saturated carbocycles. The SMILES string of the molecule is CCc1cnc(NC[C@H]2[C@@H](C)CCCN2C(=O)c2nc(C)sc2-c2ccc(F)cc2)nc1. The molecule has 32 heavy (non-hydrogen) atoms. The lowest BCUT2D eigenvalue weighted by molar-refractivity contribution is 0.0535. The van der Waals surface area contributed by atoms with Crippen molar-refractivity contribution in [3.63, 3.8) is 0 Å². The number of hydrogen-bond acceptors (Lipinski definition) is 6. The zero-order chi connectivity index (χ0) is 22.7. The van der Waals surface area contributed by atoms with Crippen LogP contribution in [0.25, 0.3) is 10.4 Å². The molecule has 0 radical (unpaired) electrons. The standard InChI is InChI=1S/C24H28FN5OS/c1-4-17-12-26-24(27-13-17)28-14-20-15(2)6-5-11-30(20)23(31)21-22(32-16(3)29-21)18-7-9-19(25)10-8-18/h7-10,12-13,15,20H,4-6,11,14H2,1-3H3,(H,26,27,28)/t15-,20-/m0/s1. The fraction of sp³-hybridized carbons (Fsp3) is 0.417. The Bertz CT molecular complexity index is 1070. The van der Waals surface area contributed by atoms with E-state index in [1.807, 2.05) is 24.2 Å². The fourth-order valence-corrected chi connectivity index (χ4v) is 5.06. The van der Waals surface area contributed by atoms with Crippen molar-refractivity contribution >= 4 is 23.2 Å². The normalized spacial score (nSPS) is 18.6. The van der Waals surface area contributed by atoms with Gasteiger partial charge in [-0.1, -0.05) is 26.0 Å². The number of carbonyl (C=O) groups is 1. The van der Waals surface area contributed by atoms with E-state index in [-0.39, 0.29) is 17.8 Å². The van der Waals surface area contributed by atoms with E-state index in [1.165, 1.54) is 23.5 Å². The zero-order valence-corrected chi connectivity index (χ0v) is 19.5. The maximum atomic E-state index is 13.7. The van der Waals surface area contributed by atoms with Crippen LogP contribution in [0.2, 0.25) is 0 Å². The van der Waals surface area contributed by atoms with Gasteiger partial charge in [-0.25, -0.2) is 19.3 Å². The Hall–Kier alpha value is -2.87. The van der Waals surface area contributed by atoms with Crippen LogP contribution in [0.4, 0.5) is 10.3 Å². The van der Waals surface area contributed by atoms with Crippen LogP contribution >= 0.6 is 11.3 Å². The third kappa shape index (κ3) is 4.80. The quantitative estimate of drug-likeness (QED) is 0.571. The van der Waals surface area contributed by atoms with E-state index in [9.17, 15) is 9.18 Å². The molecule has 1 amide bonds. The first-order chi connectivity index (χ1) is 15.5. The summed E-state index contributed by atoms with van der Waals surface area (Å²) >= 11 is 1.46. The van der Waals surface area contributed by atoms with Crippen LogP contribution in [-0.4, -0.2) is 44.9 Å². The molecule has 0 bridgehead atoms. The van der Waals surface area contributed by atoms with Crippen LogP contribution in [0.5, 0.6) is 0 Å². The molecule has 6 nitrogen and oxygen atoms in total. The molecule has 1 aromatic carbocycles. The van der Waals surface area contributed by atoms with E-state index < -0.39 is 0 Å². The van der Waals surface area contributed by atoms with Gasteiger partial charge >= 0.3 is 0 Å². The first kappa shape index (κ1) is 22.3. The Kier molecular flexibility index (Phi) is 6.79. The van der Waals surface area contributed by atoms with Gasteiger partial charge in [0.1, 0.15) is 11.5 Å². The van der Waals surface area contributed by atoms with E-state index in [0.29, 0.717) is 30.6 Å². The minimum Gasteiger partial charge on any atom is -0.352 e. The number of hydrogen-bond donors (Lipinski definition) is 1. The van der Waals surface area contributed by atoms with Gasteiger partial charge in [0.05, 0.1) is 15.9 Å². The van der Waals surface area contributed by atoms with Crippen molar-refractivity contribution in [3.8, 4) is 10.4 Å². The summed E-state index contributed by atoms with van der Waals surface area (Å²) in [6, 6.07) is 6.24. The highest BCUT2D eigenvalue weighted by Gasteiger charge is 2.34. The Morgan fingerprint density at radius 3 is 2.66 bits per heavy atom. The smallest absolute Gasteiger partial charge is 0.274 e. The van der Waals surface area contributed by atoms with E-state index in [4.69, 9.17) is 0 Å². The average Bonchev–Trinajstić information content (AvgIpc) is 3.20. The number of piperidine rings is 1. The van der Waals surface area contributed by atoms with Gasteiger partial charge in [0, 0.05) is 25.5 Å². The highest BCUT2D eigenvalue weighted by atomic mass is 32.1. The maximum Gasteiger partial charge on any atom is 0.274 e. The van der Waals surface area contributed by atoms with Crippen molar-refractivity contribution < 1.29 is 9.18 Å². The summed E-state index contributed by atoms with van der Waals surface area (Å²) in [4.78, 5) is 29.7. The topological polar surface area (TPSA) is 71.0 Å². The minimum atomic E-state index is -0.298. The highest BCUT2D eigenvalue weighted by molar-refractivity contribution is 7.15. The molecule has 3 heterocycles. The van der Waals surface area contributed by atoms with Crippen molar-refractivity contribution in [2.45, 2.75) is 46.1 Å². The van der Waals surface area contributed by atoms with Gasteiger partial charge in [0.25, 0.3) is 5.91 Å². The molecule has 0 spiro atoms. The lowest BCUT2D eigenvalue weighted by Gasteiger charge is -2.40. The fourth-order valence-electron chi connectivity index (χ4n) is 4.14. The number of aromatic nitrogens is 3. The second-order valence-electron chi connectivity index (χ2n) is 8.25. The van der Waals surface area contributed by atoms with Gasteiger partial charge in [0.2, 0.25) is 5.95 Å². The summed E-state index contributed by atoms with van der Waals surface area (Å²) in [6.07, 6.45) is 6.57. The third-order valence-electron chi connectivity index (χ3n) is 6.00. The molecular weight excluding hydrogens is 425 g/mol. The molecular formula is C24H28FN5OS. The predicted octanol–water partition coefficient (Wildman–Crippen LogP) is 4.96. The largest absolute Gasteiger partial charge is 0.352 e. The second kappa shape index (κ2) is 9.73. The second-order valence-corrected chi connectivity index (χ2v) is 9.46. The lowest BCUT2D eigenvalue weighted by Crippen LogP contribution is -2.51. The number of rotatable bonds is 6. The van der Waals surface area contributed by atoms with Crippen molar-refractivity contribution in [3.05, 3.63) is 58.7 Å². The van der Waals surface area contributed by atoms with Crippen LogP contribution in [-0.2, 0) is 6.42 Å². The molecule has 3 aromatic rings. The number of amides is 1. The molecule has 8 heteroatoms. The van der Waals surface area contributed by atoms with Gasteiger partial charge in [-0.15, -0.1) is 11.3 Å². The number of nitrogens with one attached hydrogen (secondary N) is 1. The molecule has 1 aliphatic rings. The number of anilines is 1. The summed E-state index contributed by atoms with van der Waals surface area (Å²) in [5.74, 6) is 0.537. The zero-order valence-electron chi connectivity index (χ0n) is 18.6. The highest BCUT2D eigenvalue weighted by Crippen LogP contribution is 2.33. The minimum absolute atomic E-state index is 0.00813. The van der Waals surface area contributed by atoms with Crippen LogP contribution in [0.15, 0.2) is 36.7 Å². The average molecular weight is 454 g/mol. The number of benzene rings is 1. The number of carbonyl (C=O) groups excluding carboxylic acids is 1. The molecule has 2 aromatic heterocycles. The molecule has 0 aliphatic carbocycles. The summed E-state index contributed by atoms with van der Waals surface area (Å²) in [6.45, 7) is 7.40. The number of nitrogens with zero attached hydrogens (tertiary/aromatic N) is 4. The van der Waals surface area contributed by atoms with Crippen molar-refractivity contribution in [2.24, 2.45) is 5.92 Å². The summed E-state index contributed by atoms with van der Waals surface area (Å²) in [7, 11) is 0. The Balaban J connectivity index is 1.56. The van der Waals surface area contributed by atoms with Gasteiger partial charge in [-0.3, -0.25) is 4.79 Å². The molecule has 2 atom stereocenters. The predicted molar refractivity (Wildman–Crippen MR) is 125 cm³/mol. The number of aryl methyl sites for hydroxylation is 2. The van der Waals surface area contributed by atoms with E-state index in [2.05, 4.69) is 34.1 Å². The third-order valence-corrected chi connectivity index (χ3v) is 7.02. The van der Waals surface area contributed by atoms with Gasteiger partial charge in [-0.05, 0) is 55.4 Å². The van der Waals surface area contributed by atoms with E-state index in [0.717, 1.165) is 40.3 Å². The van der Waals surface area contributed by atoms with E-state index in [1.54, 1.807) is 12.1 Å². The summed E-state index contributed by atoms with van der Waals surface area (Å²) < 4.78 is 13.4. The monoisotopic (exact) mass is 453 g/mol. The Labute approximate surface area is 191 Å². The van der Waals surface area contributed by atoms with Crippen LogP contribution in [0.1, 0.15) is 47.7 Å². The van der Waals surface area contributed by atoms with Gasteiger partial charge < -0.3 is 10.2 Å². The number of halogens is 1. The summed E-state index contributed by atoms with van der Waals surface area (Å²) in [5.41, 5.74) is 2.34. The first-order valence-electron chi connectivity index (χ1n) is 11.1. The van der Waals surface area contributed by atoms with Gasteiger partial charge in [0.15, 0.2) is 0 Å². The van der Waals surface area contributed by atoms with Crippen molar-refractivity contribution in [2.75, 3.05) is 18.4 Å². The molecule has 1 N–H and O–H groups in total. The van der Waals surface area contributed by atoms with Crippen LogP contribution in [0.3, 0.4) is 0 Å². The molecule has 4 rings (SSSR count). The molecule has 1 saturated heterocycles. The number of thiazole rings is 1. The first-order valence-corrected chi connectivity index (χ1v) is 11.9. The van der Waals surface area contributed by atoms with Crippen LogP contribution < -0.4 is 5.32 Å². The molecule has 168 valence electrons. The Morgan fingerprint density at radius 1 is 1.25 bits per heavy atom. The maximum absolute atomic E-state index is 13.7. The van der Waals surface area contributed by atoms with Crippen molar-refractivity contribution in [1.29, 1.82) is 0 Å². The van der Waals surface area contributed by atoms with Crippen LogP contribution in [0, 0.1) is 18.7 Å². The van der Waals surface area contributed by atoms with Crippen molar-refractivity contribution in [1.82, 2.24) is 19.9 Å². The molecule has 1 fully saturated rings. The lowest BCUT2D eigenvalue weighted by atomic mass is 9.90.